The molecule has 2 unspecified atom stereocenters. The predicted octanol–water partition coefficient (Wildman–Crippen LogP) is 1.73. The molecule has 1 heterocycles. The number of imidazole rings is 1. The number of nitrogens with zero attached hydrogens (tertiary/aromatic N) is 2. The van der Waals surface area contributed by atoms with Gasteiger partial charge in [-0.25, -0.2) is 4.98 Å². The van der Waals surface area contributed by atoms with Gasteiger partial charge < -0.3 is 9.67 Å². The summed E-state index contributed by atoms with van der Waals surface area (Å²) in [5, 5.41) is 9.09. The van der Waals surface area contributed by atoms with Crippen molar-refractivity contribution < 1.29 is 9.90 Å². The largest absolute Gasteiger partial charge is 0.481 e. The van der Waals surface area contributed by atoms with Crippen molar-refractivity contribution in [3.8, 4) is 0 Å². The number of carbonyl (C=O) groups is 1. The Labute approximate surface area is 88.9 Å². The van der Waals surface area contributed by atoms with Crippen LogP contribution in [-0.4, -0.2) is 20.6 Å². The van der Waals surface area contributed by atoms with Gasteiger partial charge in [-0.3, -0.25) is 4.79 Å². The fraction of sp³-hybridized carbons (Fsp3) is 0.636. The molecule has 1 fully saturated rings. The smallest absolute Gasteiger partial charge is 0.307 e. The monoisotopic (exact) mass is 208 g/mol. The summed E-state index contributed by atoms with van der Waals surface area (Å²) in [5.41, 5.74) is 0.911. The average molecular weight is 208 g/mol. The minimum atomic E-state index is -0.700. The van der Waals surface area contributed by atoms with Crippen LogP contribution in [0.15, 0.2) is 12.5 Å². The number of rotatable bonds is 3. The first-order valence-corrected chi connectivity index (χ1v) is 5.23. The van der Waals surface area contributed by atoms with Crippen LogP contribution in [0, 0.1) is 11.3 Å². The molecule has 0 saturated heterocycles. The summed E-state index contributed by atoms with van der Waals surface area (Å²) < 4.78 is 2.02. The van der Waals surface area contributed by atoms with Crippen LogP contribution in [0.1, 0.15) is 32.4 Å². The number of aromatic nitrogens is 2. The molecule has 0 bridgehead atoms. The standard InChI is InChI=1S/C11H16N2O2/c1-4-13-6-12-5-7(13)8-9(10(14)15)11(8,2)3/h5-6,8-9H,4H2,1-3H3,(H,14,15). The lowest BCUT2D eigenvalue weighted by molar-refractivity contribution is -0.139. The first kappa shape index (κ1) is 10.2. The topological polar surface area (TPSA) is 55.1 Å². The molecule has 15 heavy (non-hydrogen) atoms. The molecular formula is C11H16N2O2. The second-order valence-corrected chi connectivity index (χ2v) is 4.72. The van der Waals surface area contributed by atoms with Crippen LogP contribution in [0.25, 0.3) is 0 Å². The van der Waals surface area contributed by atoms with Crippen LogP contribution in [0.2, 0.25) is 0 Å². The van der Waals surface area contributed by atoms with E-state index in [1.165, 1.54) is 0 Å². The van der Waals surface area contributed by atoms with E-state index in [0.29, 0.717) is 0 Å². The molecule has 4 nitrogen and oxygen atoms in total. The van der Waals surface area contributed by atoms with Crippen molar-refractivity contribution in [3.05, 3.63) is 18.2 Å². The third-order valence-corrected chi connectivity index (χ3v) is 3.50. The van der Waals surface area contributed by atoms with Crippen molar-refractivity contribution in [2.24, 2.45) is 11.3 Å². The molecule has 1 aliphatic rings. The van der Waals surface area contributed by atoms with Gasteiger partial charge in [0.25, 0.3) is 0 Å². The summed E-state index contributed by atoms with van der Waals surface area (Å²) in [7, 11) is 0. The van der Waals surface area contributed by atoms with Crippen molar-refractivity contribution in [2.75, 3.05) is 0 Å². The van der Waals surface area contributed by atoms with Crippen molar-refractivity contribution in [1.29, 1.82) is 0 Å². The van der Waals surface area contributed by atoms with Crippen LogP contribution in [0.3, 0.4) is 0 Å². The summed E-state index contributed by atoms with van der Waals surface area (Å²) in [6.07, 6.45) is 3.56. The molecule has 1 N–H and O–H groups in total. The van der Waals surface area contributed by atoms with E-state index >= 15 is 0 Å². The van der Waals surface area contributed by atoms with Crippen LogP contribution in [0.5, 0.6) is 0 Å². The Bertz CT molecular complexity index is 395. The number of hydrogen-bond donors (Lipinski definition) is 1. The Balaban J connectivity index is 2.31. The molecule has 2 atom stereocenters. The minimum Gasteiger partial charge on any atom is -0.481 e. The number of carboxylic acids is 1. The second-order valence-electron chi connectivity index (χ2n) is 4.72. The lowest BCUT2D eigenvalue weighted by Crippen LogP contribution is -2.03. The highest BCUT2D eigenvalue weighted by Gasteiger charge is 2.63. The van der Waals surface area contributed by atoms with Gasteiger partial charge in [0.2, 0.25) is 0 Å². The quantitative estimate of drug-likeness (QED) is 0.823. The van der Waals surface area contributed by atoms with E-state index in [0.717, 1.165) is 12.2 Å². The molecular weight excluding hydrogens is 192 g/mol. The first-order valence-electron chi connectivity index (χ1n) is 5.23. The predicted molar refractivity (Wildman–Crippen MR) is 55.5 cm³/mol. The zero-order chi connectivity index (χ0) is 11.2. The Hall–Kier alpha value is -1.32. The SMILES string of the molecule is CCn1cncc1C1C(C(=O)O)C1(C)C. The van der Waals surface area contributed by atoms with Gasteiger partial charge in [0.15, 0.2) is 0 Å². The molecule has 0 radical (unpaired) electrons. The van der Waals surface area contributed by atoms with Gasteiger partial charge >= 0.3 is 5.97 Å². The van der Waals surface area contributed by atoms with E-state index < -0.39 is 5.97 Å². The maximum Gasteiger partial charge on any atom is 0.307 e. The number of aryl methyl sites for hydroxylation is 1. The Morgan fingerprint density at radius 2 is 2.33 bits per heavy atom. The number of hydrogen-bond acceptors (Lipinski definition) is 2. The molecule has 82 valence electrons. The molecule has 2 rings (SSSR count). The van der Waals surface area contributed by atoms with Crippen molar-refractivity contribution in [1.82, 2.24) is 9.55 Å². The van der Waals surface area contributed by atoms with Crippen molar-refractivity contribution in [3.63, 3.8) is 0 Å². The van der Waals surface area contributed by atoms with Gasteiger partial charge in [0.1, 0.15) is 0 Å². The average Bonchev–Trinajstić information content (AvgIpc) is 2.58. The molecule has 0 amide bonds. The highest BCUT2D eigenvalue weighted by Crippen LogP contribution is 2.64. The van der Waals surface area contributed by atoms with E-state index in [1.807, 2.05) is 25.3 Å². The van der Waals surface area contributed by atoms with Gasteiger partial charge in [-0.2, -0.15) is 0 Å². The molecule has 1 aliphatic carbocycles. The van der Waals surface area contributed by atoms with E-state index in [9.17, 15) is 4.79 Å². The second kappa shape index (κ2) is 3.08. The summed E-state index contributed by atoms with van der Waals surface area (Å²) in [6, 6.07) is 0. The zero-order valence-corrected chi connectivity index (χ0v) is 9.27. The summed E-state index contributed by atoms with van der Waals surface area (Å²) >= 11 is 0. The first-order chi connectivity index (χ1) is 7.00. The summed E-state index contributed by atoms with van der Waals surface area (Å²) in [6.45, 7) is 6.89. The van der Waals surface area contributed by atoms with E-state index in [2.05, 4.69) is 4.98 Å². The van der Waals surface area contributed by atoms with E-state index in [4.69, 9.17) is 5.11 Å². The zero-order valence-electron chi connectivity index (χ0n) is 9.27. The maximum absolute atomic E-state index is 11.1. The van der Waals surface area contributed by atoms with Gasteiger partial charge in [-0.15, -0.1) is 0 Å². The number of aliphatic carboxylic acids is 1. The van der Waals surface area contributed by atoms with E-state index in [1.54, 1.807) is 12.5 Å². The highest BCUT2D eigenvalue weighted by molar-refractivity contribution is 5.77. The van der Waals surface area contributed by atoms with Crippen LogP contribution in [0.4, 0.5) is 0 Å². The summed E-state index contributed by atoms with van der Waals surface area (Å²) in [5.74, 6) is -0.856. The molecule has 1 aromatic rings. The van der Waals surface area contributed by atoms with Gasteiger partial charge in [0, 0.05) is 24.4 Å². The Morgan fingerprint density at radius 1 is 1.67 bits per heavy atom. The van der Waals surface area contributed by atoms with Crippen LogP contribution >= 0.6 is 0 Å². The molecule has 0 aliphatic heterocycles. The van der Waals surface area contributed by atoms with Crippen molar-refractivity contribution >= 4 is 5.97 Å². The summed E-state index contributed by atoms with van der Waals surface area (Å²) in [4.78, 5) is 15.1. The van der Waals surface area contributed by atoms with Gasteiger partial charge in [0.05, 0.1) is 12.2 Å². The third kappa shape index (κ3) is 1.35. The maximum atomic E-state index is 11.1. The lowest BCUT2D eigenvalue weighted by Gasteiger charge is -2.05. The molecule has 1 saturated carbocycles. The Morgan fingerprint density at radius 3 is 2.80 bits per heavy atom. The fourth-order valence-electron chi connectivity index (χ4n) is 2.50. The fourth-order valence-corrected chi connectivity index (χ4v) is 2.50. The highest BCUT2D eigenvalue weighted by atomic mass is 16.4. The third-order valence-electron chi connectivity index (χ3n) is 3.50. The van der Waals surface area contributed by atoms with Crippen LogP contribution in [-0.2, 0) is 11.3 Å². The van der Waals surface area contributed by atoms with E-state index in [-0.39, 0.29) is 17.3 Å². The molecule has 4 heteroatoms. The van der Waals surface area contributed by atoms with Gasteiger partial charge in [-0.1, -0.05) is 13.8 Å². The number of carboxylic acid groups (broad SMARTS) is 1. The van der Waals surface area contributed by atoms with Crippen molar-refractivity contribution in [2.45, 2.75) is 33.2 Å². The Kier molecular flexibility index (Phi) is 2.10. The van der Waals surface area contributed by atoms with Crippen LogP contribution < -0.4 is 0 Å². The molecule has 0 aromatic carbocycles. The minimum absolute atomic E-state index is 0.109. The van der Waals surface area contributed by atoms with Gasteiger partial charge in [-0.05, 0) is 12.3 Å². The molecule has 1 aromatic heterocycles. The lowest BCUT2D eigenvalue weighted by atomic mass is 10.1. The normalized spacial score (nSPS) is 27.7. The molecule has 0 spiro atoms.